The SMILES string of the molecule is C=CC1CN(C)C2=C1CCC=C=CC2. The first-order chi connectivity index (χ1) is 6.83. The summed E-state index contributed by atoms with van der Waals surface area (Å²) in [5.74, 6) is 0.579. The molecule has 1 aliphatic heterocycles. The number of allylic oxidation sites excluding steroid dienone is 1. The molecule has 2 aliphatic rings. The molecular formula is C13H17N. The van der Waals surface area contributed by atoms with E-state index in [1.54, 1.807) is 5.57 Å². The molecule has 0 saturated heterocycles. The van der Waals surface area contributed by atoms with E-state index in [9.17, 15) is 0 Å². The summed E-state index contributed by atoms with van der Waals surface area (Å²) in [7, 11) is 2.18. The lowest BCUT2D eigenvalue weighted by Crippen LogP contribution is -2.15. The first kappa shape index (κ1) is 9.36. The fourth-order valence-corrected chi connectivity index (χ4v) is 2.36. The van der Waals surface area contributed by atoms with Crippen LogP contribution in [0.25, 0.3) is 0 Å². The van der Waals surface area contributed by atoms with Gasteiger partial charge in [0.1, 0.15) is 0 Å². The summed E-state index contributed by atoms with van der Waals surface area (Å²) in [6, 6.07) is 0. The van der Waals surface area contributed by atoms with Gasteiger partial charge in [-0.05, 0) is 30.6 Å². The van der Waals surface area contributed by atoms with E-state index < -0.39 is 0 Å². The summed E-state index contributed by atoms with van der Waals surface area (Å²) in [6.07, 6.45) is 9.70. The van der Waals surface area contributed by atoms with Crippen LogP contribution in [0.15, 0.2) is 41.8 Å². The van der Waals surface area contributed by atoms with Crippen molar-refractivity contribution in [1.82, 2.24) is 4.90 Å². The van der Waals surface area contributed by atoms with Gasteiger partial charge in [0.05, 0.1) is 0 Å². The molecular weight excluding hydrogens is 170 g/mol. The van der Waals surface area contributed by atoms with Gasteiger partial charge in [-0.3, -0.25) is 0 Å². The van der Waals surface area contributed by atoms with Crippen LogP contribution < -0.4 is 0 Å². The quantitative estimate of drug-likeness (QED) is 0.450. The highest BCUT2D eigenvalue weighted by atomic mass is 15.1. The standard InChI is InChI=1S/C13H17N/c1-3-11-10-14(2)13-9-7-5-4-6-8-12(11)13/h3-4,7,11H,1,6,8-10H2,2H3. The summed E-state index contributed by atoms with van der Waals surface area (Å²) in [6.45, 7) is 5.04. The second-order valence-corrected chi connectivity index (χ2v) is 4.01. The number of hydrogen-bond acceptors (Lipinski definition) is 1. The van der Waals surface area contributed by atoms with E-state index in [1.807, 2.05) is 0 Å². The minimum absolute atomic E-state index is 0.579. The van der Waals surface area contributed by atoms with Crippen molar-refractivity contribution in [3.05, 3.63) is 41.8 Å². The van der Waals surface area contributed by atoms with Crippen LogP contribution in [-0.2, 0) is 0 Å². The van der Waals surface area contributed by atoms with Crippen molar-refractivity contribution in [2.75, 3.05) is 13.6 Å². The molecule has 0 saturated carbocycles. The molecule has 0 fully saturated rings. The van der Waals surface area contributed by atoms with Crippen molar-refractivity contribution in [2.45, 2.75) is 19.3 Å². The predicted octanol–water partition coefficient (Wildman–Crippen LogP) is 2.88. The molecule has 0 aromatic carbocycles. The molecule has 2 rings (SSSR count). The van der Waals surface area contributed by atoms with Gasteiger partial charge in [0, 0.05) is 31.6 Å². The molecule has 0 aromatic heterocycles. The predicted molar refractivity (Wildman–Crippen MR) is 59.8 cm³/mol. The van der Waals surface area contributed by atoms with Crippen molar-refractivity contribution in [1.29, 1.82) is 0 Å². The minimum Gasteiger partial charge on any atom is -0.377 e. The van der Waals surface area contributed by atoms with Crippen LogP contribution in [-0.4, -0.2) is 18.5 Å². The van der Waals surface area contributed by atoms with Crippen LogP contribution in [0.2, 0.25) is 0 Å². The van der Waals surface area contributed by atoms with Gasteiger partial charge < -0.3 is 4.90 Å². The Bertz CT molecular complexity index is 329. The minimum atomic E-state index is 0.579. The van der Waals surface area contributed by atoms with Gasteiger partial charge >= 0.3 is 0 Å². The maximum absolute atomic E-state index is 3.93. The average molecular weight is 187 g/mol. The first-order valence-electron chi connectivity index (χ1n) is 5.28. The molecule has 0 spiro atoms. The Morgan fingerprint density at radius 2 is 2.43 bits per heavy atom. The summed E-state index contributed by atoms with van der Waals surface area (Å²) in [5.41, 5.74) is 6.31. The third-order valence-corrected chi connectivity index (χ3v) is 3.12. The van der Waals surface area contributed by atoms with E-state index in [2.05, 4.69) is 42.5 Å². The lowest BCUT2D eigenvalue weighted by Gasteiger charge is -2.15. The third kappa shape index (κ3) is 1.56. The first-order valence-corrected chi connectivity index (χ1v) is 5.28. The zero-order valence-electron chi connectivity index (χ0n) is 8.79. The van der Waals surface area contributed by atoms with Crippen molar-refractivity contribution in [3.8, 4) is 0 Å². The highest BCUT2D eigenvalue weighted by Gasteiger charge is 2.25. The summed E-state index contributed by atoms with van der Waals surface area (Å²) in [4.78, 5) is 2.37. The van der Waals surface area contributed by atoms with E-state index in [0.29, 0.717) is 5.92 Å². The maximum atomic E-state index is 3.93. The van der Waals surface area contributed by atoms with Gasteiger partial charge in [-0.1, -0.05) is 6.08 Å². The highest BCUT2D eigenvalue weighted by molar-refractivity contribution is 5.28. The number of nitrogens with zero attached hydrogens (tertiary/aromatic N) is 1. The van der Waals surface area contributed by atoms with Gasteiger partial charge in [-0.2, -0.15) is 0 Å². The lowest BCUT2D eigenvalue weighted by atomic mass is 9.95. The smallest absolute Gasteiger partial charge is 0.0272 e. The van der Waals surface area contributed by atoms with Crippen LogP contribution >= 0.6 is 0 Å². The average Bonchev–Trinajstić information content (AvgIpc) is 2.41. The van der Waals surface area contributed by atoms with Gasteiger partial charge in [0.15, 0.2) is 0 Å². The topological polar surface area (TPSA) is 3.24 Å². The summed E-state index contributed by atoms with van der Waals surface area (Å²) < 4.78 is 0. The fourth-order valence-electron chi connectivity index (χ4n) is 2.36. The molecule has 1 nitrogen and oxygen atoms in total. The molecule has 1 aliphatic carbocycles. The Kier molecular flexibility index (Phi) is 2.60. The molecule has 0 N–H and O–H groups in total. The Balaban J connectivity index is 2.31. The molecule has 74 valence electrons. The van der Waals surface area contributed by atoms with Gasteiger partial charge in [-0.25, -0.2) is 0 Å². The summed E-state index contributed by atoms with van der Waals surface area (Å²) in [5, 5.41) is 0. The number of hydrogen-bond donors (Lipinski definition) is 0. The van der Waals surface area contributed by atoms with Crippen LogP contribution in [0.4, 0.5) is 0 Å². The maximum Gasteiger partial charge on any atom is 0.0272 e. The normalized spacial score (nSPS) is 26.1. The van der Waals surface area contributed by atoms with Crippen LogP contribution in [0.3, 0.4) is 0 Å². The molecule has 0 radical (unpaired) electrons. The Labute approximate surface area is 86.1 Å². The zero-order valence-corrected chi connectivity index (χ0v) is 8.79. The second kappa shape index (κ2) is 3.89. The molecule has 1 unspecified atom stereocenters. The van der Waals surface area contributed by atoms with Crippen molar-refractivity contribution < 1.29 is 0 Å². The zero-order chi connectivity index (χ0) is 9.97. The Morgan fingerprint density at radius 3 is 3.21 bits per heavy atom. The largest absolute Gasteiger partial charge is 0.377 e. The van der Waals surface area contributed by atoms with E-state index in [-0.39, 0.29) is 0 Å². The van der Waals surface area contributed by atoms with E-state index in [0.717, 1.165) is 19.4 Å². The second-order valence-electron chi connectivity index (χ2n) is 4.01. The van der Waals surface area contributed by atoms with Crippen molar-refractivity contribution in [2.24, 2.45) is 5.92 Å². The van der Waals surface area contributed by atoms with Gasteiger partial charge in [0.2, 0.25) is 0 Å². The lowest BCUT2D eigenvalue weighted by molar-refractivity contribution is 0.428. The molecule has 0 bridgehead atoms. The molecule has 14 heavy (non-hydrogen) atoms. The van der Waals surface area contributed by atoms with Crippen molar-refractivity contribution in [3.63, 3.8) is 0 Å². The van der Waals surface area contributed by atoms with Gasteiger partial charge in [0.25, 0.3) is 0 Å². The van der Waals surface area contributed by atoms with E-state index in [1.165, 1.54) is 12.1 Å². The molecule has 0 amide bonds. The molecule has 1 atom stereocenters. The summed E-state index contributed by atoms with van der Waals surface area (Å²) >= 11 is 0. The number of rotatable bonds is 1. The van der Waals surface area contributed by atoms with E-state index >= 15 is 0 Å². The fraction of sp³-hybridized carbons (Fsp3) is 0.462. The Hall–Kier alpha value is -1.20. The van der Waals surface area contributed by atoms with E-state index in [4.69, 9.17) is 0 Å². The van der Waals surface area contributed by atoms with Crippen LogP contribution in [0.1, 0.15) is 19.3 Å². The molecule has 1 heterocycles. The molecule has 1 heteroatoms. The monoisotopic (exact) mass is 187 g/mol. The Morgan fingerprint density at radius 1 is 1.57 bits per heavy atom. The highest BCUT2D eigenvalue weighted by Crippen LogP contribution is 2.33. The van der Waals surface area contributed by atoms with Crippen LogP contribution in [0, 0.1) is 5.92 Å². The van der Waals surface area contributed by atoms with Gasteiger partial charge in [-0.15, -0.1) is 12.3 Å². The van der Waals surface area contributed by atoms with Crippen LogP contribution in [0.5, 0.6) is 0 Å². The molecule has 0 aromatic rings. The van der Waals surface area contributed by atoms with Crippen molar-refractivity contribution >= 4 is 0 Å². The third-order valence-electron chi connectivity index (χ3n) is 3.12.